The van der Waals surface area contributed by atoms with Gasteiger partial charge in [-0.3, -0.25) is 14.4 Å². The smallest absolute Gasteiger partial charge is 0.307 e. The van der Waals surface area contributed by atoms with Crippen LogP contribution in [0.4, 0.5) is 0 Å². The van der Waals surface area contributed by atoms with Gasteiger partial charge in [-0.2, -0.15) is 0 Å². The molecule has 8 heteroatoms. The summed E-state index contributed by atoms with van der Waals surface area (Å²) >= 11 is 0. The summed E-state index contributed by atoms with van der Waals surface area (Å²) in [6.45, 7) is 2.32. The molecule has 0 radical (unpaired) electrons. The zero-order valence-corrected chi connectivity index (χ0v) is 26.6. The highest BCUT2D eigenvalue weighted by atomic mass is 16.7. The Kier molecular flexibility index (Phi) is 9.71. The van der Waals surface area contributed by atoms with Crippen LogP contribution in [0.5, 0.6) is 11.5 Å². The fourth-order valence-corrected chi connectivity index (χ4v) is 6.41. The fraction of sp³-hybridized carbons (Fsp3) is 0.225. The van der Waals surface area contributed by atoms with Gasteiger partial charge in [-0.05, 0) is 75.8 Å². The first-order valence-corrected chi connectivity index (χ1v) is 16.0. The van der Waals surface area contributed by atoms with Gasteiger partial charge in [0.15, 0.2) is 11.5 Å². The topological polar surface area (TPSA) is 113 Å². The summed E-state index contributed by atoms with van der Waals surface area (Å²) < 4.78 is 11.3. The van der Waals surface area contributed by atoms with Crippen molar-refractivity contribution in [1.82, 2.24) is 4.90 Å². The van der Waals surface area contributed by atoms with Crippen molar-refractivity contribution >= 4 is 45.5 Å². The van der Waals surface area contributed by atoms with Gasteiger partial charge in [-0.15, -0.1) is 0 Å². The lowest BCUT2D eigenvalue weighted by Gasteiger charge is -2.36. The monoisotopic (exact) mass is 643 g/mol. The van der Waals surface area contributed by atoms with Crippen molar-refractivity contribution in [3.05, 3.63) is 126 Å². The van der Waals surface area contributed by atoms with Crippen LogP contribution in [0.15, 0.2) is 109 Å². The summed E-state index contributed by atoms with van der Waals surface area (Å²) in [4.78, 5) is 39.3. The molecule has 0 aliphatic carbocycles. The van der Waals surface area contributed by atoms with Gasteiger partial charge in [0.05, 0.1) is 12.3 Å². The molecule has 1 aliphatic rings. The van der Waals surface area contributed by atoms with Crippen molar-refractivity contribution in [2.24, 2.45) is 5.92 Å². The molecule has 1 aliphatic heterocycles. The maximum Gasteiger partial charge on any atom is 0.307 e. The Bertz CT molecular complexity index is 2000. The minimum Gasteiger partial charge on any atom is -0.481 e. The first-order chi connectivity index (χ1) is 23.2. The van der Waals surface area contributed by atoms with E-state index in [2.05, 4.69) is 42.5 Å². The van der Waals surface area contributed by atoms with Gasteiger partial charge in [0.2, 0.25) is 12.7 Å². The van der Waals surface area contributed by atoms with E-state index in [1.165, 1.54) is 0 Å². The van der Waals surface area contributed by atoms with E-state index in [4.69, 9.17) is 9.47 Å². The van der Waals surface area contributed by atoms with Gasteiger partial charge in [0.25, 0.3) is 0 Å². The number of ether oxygens (including phenoxy) is 2. The van der Waals surface area contributed by atoms with Crippen LogP contribution in [0.25, 0.3) is 27.6 Å². The summed E-state index contributed by atoms with van der Waals surface area (Å²) in [5.74, 6) is -3.28. The molecule has 3 unspecified atom stereocenters. The third kappa shape index (κ3) is 7.50. The lowest BCUT2D eigenvalue weighted by Crippen LogP contribution is -2.43. The number of carboxylic acids is 2. The quantitative estimate of drug-likeness (QED) is 0.134. The number of hydrogen-bond donors (Lipinski definition) is 2. The maximum absolute atomic E-state index is 14.1. The van der Waals surface area contributed by atoms with E-state index in [0.29, 0.717) is 17.9 Å². The molecule has 0 bridgehead atoms. The number of benzene rings is 5. The van der Waals surface area contributed by atoms with Crippen LogP contribution >= 0.6 is 0 Å². The summed E-state index contributed by atoms with van der Waals surface area (Å²) in [5.41, 5.74) is 2.87. The fourth-order valence-electron chi connectivity index (χ4n) is 6.41. The Labute approximate surface area is 278 Å². The third-order valence-corrected chi connectivity index (χ3v) is 9.05. The second-order valence-electron chi connectivity index (χ2n) is 12.2. The van der Waals surface area contributed by atoms with Crippen LogP contribution in [-0.4, -0.2) is 45.8 Å². The second kappa shape index (κ2) is 14.4. The summed E-state index contributed by atoms with van der Waals surface area (Å²) in [6.07, 6.45) is 3.66. The Hall–Kier alpha value is -5.63. The van der Waals surface area contributed by atoms with E-state index in [0.717, 1.165) is 38.2 Å². The molecule has 0 fully saturated rings. The lowest BCUT2D eigenvalue weighted by molar-refractivity contribution is -0.151. The minimum absolute atomic E-state index is 0.133. The van der Waals surface area contributed by atoms with E-state index in [-0.39, 0.29) is 19.3 Å². The number of amides is 1. The first-order valence-electron chi connectivity index (χ1n) is 16.0. The molecule has 5 aromatic rings. The molecule has 5 aromatic carbocycles. The normalized spacial score (nSPS) is 14.2. The van der Waals surface area contributed by atoms with Gasteiger partial charge in [-0.1, -0.05) is 91.0 Å². The molecule has 244 valence electrons. The molecule has 1 heterocycles. The number of rotatable bonds is 13. The first kappa shape index (κ1) is 32.3. The molecule has 0 saturated carbocycles. The van der Waals surface area contributed by atoms with Gasteiger partial charge in [-0.25, -0.2) is 0 Å². The number of aliphatic carboxylic acids is 2. The highest BCUT2D eigenvalue weighted by Gasteiger charge is 2.33. The maximum atomic E-state index is 14.1. The van der Waals surface area contributed by atoms with Crippen molar-refractivity contribution in [2.45, 2.75) is 44.7 Å². The molecule has 1 amide bonds. The Balaban J connectivity index is 1.35. The molecule has 48 heavy (non-hydrogen) atoms. The highest BCUT2D eigenvalue weighted by Crippen LogP contribution is 2.38. The van der Waals surface area contributed by atoms with E-state index in [9.17, 15) is 24.6 Å². The molecule has 8 nitrogen and oxygen atoms in total. The lowest BCUT2D eigenvalue weighted by atomic mass is 9.87. The molecular weight excluding hydrogens is 606 g/mol. The van der Waals surface area contributed by atoms with Gasteiger partial charge < -0.3 is 24.6 Å². The summed E-state index contributed by atoms with van der Waals surface area (Å²) in [6, 6.07) is 33.8. The number of nitrogens with zero attached hydrogens (tertiary/aromatic N) is 1. The Morgan fingerprint density at radius 2 is 1.44 bits per heavy atom. The van der Waals surface area contributed by atoms with E-state index in [1.807, 2.05) is 79.7 Å². The van der Waals surface area contributed by atoms with Crippen LogP contribution in [0, 0.1) is 5.92 Å². The zero-order valence-electron chi connectivity index (χ0n) is 26.6. The average Bonchev–Trinajstić information content (AvgIpc) is 3.56. The molecule has 0 spiro atoms. The Morgan fingerprint density at radius 1 is 0.771 bits per heavy atom. The molecule has 2 N–H and O–H groups in total. The molecule has 3 atom stereocenters. The number of hydrogen-bond acceptors (Lipinski definition) is 5. The van der Waals surface area contributed by atoms with Crippen LogP contribution < -0.4 is 9.47 Å². The van der Waals surface area contributed by atoms with Crippen molar-refractivity contribution in [1.29, 1.82) is 0 Å². The molecule has 6 rings (SSSR count). The van der Waals surface area contributed by atoms with Crippen molar-refractivity contribution < 1.29 is 34.1 Å². The van der Waals surface area contributed by atoms with Crippen LogP contribution in [0.2, 0.25) is 0 Å². The number of carboxylic acid groups (broad SMARTS) is 2. The van der Waals surface area contributed by atoms with E-state index < -0.39 is 42.6 Å². The standard InChI is InChI=1S/C40H37NO7/c1-26(41(38(42)22-34(40(45)46)23-39(43)44)24-28-14-16-30-9-3-5-11-32(30)20-28)35(33-17-18-36-37(21-33)48-25-47-36)12-6-7-27-13-15-29-8-2-4-10-31(29)19-27/h2-11,13-21,26,34-35H,12,22-25H2,1H3,(H,43,44)(H,45,46). The van der Waals surface area contributed by atoms with Gasteiger partial charge >= 0.3 is 11.9 Å². The summed E-state index contributed by atoms with van der Waals surface area (Å²) in [5, 5.41) is 23.6. The predicted octanol–water partition coefficient (Wildman–Crippen LogP) is 7.89. The average molecular weight is 644 g/mol. The summed E-state index contributed by atoms with van der Waals surface area (Å²) in [7, 11) is 0. The number of allylic oxidation sites excluding steroid dienone is 1. The number of carbonyl (C=O) groups is 3. The van der Waals surface area contributed by atoms with Crippen molar-refractivity contribution in [3.8, 4) is 11.5 Å². The second-order valence-corrected chi connectivity index (χ2v) is 12.2. The van der Waals surface area contributed by atoms with Crippen molar-refractivity contribution in [3.63, 3.8) is 0 Å². The zero-order chi connectivity index (χ0) is 33.6. The van der Waals surface area contributed by atoms with Crippen LogP contribution in [0.1, 0.15) is 48.8 Å². The molecular formula is C40H37NO7. The van der Waals surface area contributed by atoms with Crippen LogP contribution in [0.3, 0.4) is 0 Å². The van der Waals surface area contributed by atoms with E-state index >= 15 is 0 Å². The van der Waals surface area contributed by atoms with Crippen molar-refractivity contribution in [2.75, 3.05) is 6.79 Å². The van der Waals surface area contributed by atoms with Gasteiger partial charge in [0.1, 0.15) is 0 Å². The SMILES string of the molecule is CC(C(CC=Cc1ccc2ccccc2c1)c1ccc2c(c1)OCO2)N(Cc1ccc2ccccc2c1)C(=O)CC(CC(=O)O)C(=O)O. The Morgan fingerprint density at radius 3 is 2.15 bits per heavy atom. The van der Waals surface area contributed by atoms with E-state index in [1.54, 1.807) is 4.90 Å². The molecule has 0 aromatic heterocycles. The largest absolute Gasteiger partial charge is 0.481 e. The van der Waals surface area contributed by atoms with Crippen LogP contribution in [-0.2, 0) is 20.9 Å². The minimum atomic E-state index is -1.35. The molecule has 0 saturated heterocycles. The predicted molar refractivity (Wildman–Crippen MR) is 185 cm³/mol. The number of fused-ring (bicyclic) bond motifs is 3. The van der Waals surface area contributed by atoms with Gasteiger partial charge in [0, 0.05) is 24.9 Å². The highest BCUT2D eigenvalue weighted by molar-refractivity contribution is 5.86. The number of carbonyl (C=O) groups excluding carboxylic acids is 1. The third-order valence-electron chi connectivity index (χ3n) is 9.05.